The summed E-state index contributed by atoms with van der Waals surface area (Å²) >= 11 is 0. The minimum Gasteiger partial charge on any atom is -0.494 e. The van der Waals surface area contributed by atoms with Crippen molar-refractivity contribution in [1.29, 1.82) is 0 Å². The summed E-state index contributed by atoms with van der Waals surface area (Å²) in [5.41, 5.74) is 5.23. The van der Waals surface area contributed by atoms with Crippen molar-refractivity contribution >= 4 is 21.5 Å². The van der Waals surface area contributed by atoms with E-state index in [-0.39, 0.29) is 6.61 Å². The number of aliphatic hydroxyl groups is 1. The summed E-state index contributed by atoms with van der Waals surface area (Å²) in [6.07, 6.45) is 4.06. The molecule has 0 aromatic heterocycles. The Morgan fingerprint density at radius 2 is 1.33 bits per heavy atom. The first-order chi connectivity index (χ1) is 14.7. The maximum absolute atomic E-state index is 8.87. The smallest absolute Gasteiger partial charge is 0.119 e. The quantitative estimate of drug-likeness (QED) is 0.318. The van der Waals surface area contributed by atoms with E-state index < -0.39 is 0 Å². The molecule has 0 fully saturated rings. The standard InChI is InChI=1S/C28H30O2/c1-20-11-13-22-9-5-6-10-25(22)27(20)28-21(2)12-14-23-19-24(15-16-26(23)28)30-18-8-4-3-7-17-29/h5-6,9-16,19,29H,3-4,7-8,17-18H2,1-2H3. The van der Waals surface area contributed by atoms with Crippen LogP contribution in [0, 0.1) is 13.8 Å². The minimum absolute atomic E-state index is 0.281. The molecular weight excluding hydrogens is 368 g/mol. The Morgan fingerprint density at radius 1 is 0.667 bits per heavy atom. The molecule has 30 heavy (non-hydrogen) atoms. The molecule has 0 radical (unpaired) electrons. The van der Waals surface area contributed by atoms with Crippen molar-refractivity contribution in [2.45, 2.75) is 39.5 Å². The summed E-state index contributed by atoms with van der Waals surface area (Å²) in [6.45, 7) is 5.41. The first-order valence-electron chi connectivity index (χ1n) is 10.9. The zero-order valence-corrected chi connectivity index (χ0v) is 17.9. The number of hydrogen-bond acceptors (Lipinski definition) is 2. The molecule has 154 valence electrons. The van der Waals surface area contributed by atoms with E-state index in [1.807, 2.05) is 0 Å². The molecule has 2 nitrogen and oxygen atoms in total. The van der Waals surface area contributed by atoms with E-state index in [2.05, 4.69) is 80.6 Å². The number of aryl methyl sites for hydroxylation is 2. The maximum Gasteiger partial charge on any atom is 0.119 e. The lowest BCUT2D eigenvalue weighted by Gasteiger charge is -2.17. The largest absolute Gasteiger partial charge is 0.494 e. The molecule has 4 aromatic rings. The molecule has 0 aliphatic heterocycles. The van der Waals surface area contributed by atoms with Gasteiger partial charge in [0.05, 0.1) is 6.61 Å². The topological polar surface area (TPSA) is 29.5 Å². The highest BCUT2D eigenvalue weighted by molar-refractivity contribution is 6.07. The molecule has 0 aliphatic rings. The van der Waals surface area contributed by atoms with Gasteiger partial charge in [-0.05, 0) is 89.0 Å². The predicted molar refractivity (Wildman–Crippen MR) is 127 cm³/mol. The van der Waals surface area contributed by atoms with Gasteiger partial charge >= 0.3 is 0 Å². The number of ether oxygens (including phenoxy) is 1. The third-order valence-corrected chi connectivity index (χ3v) is 5.91. The second-order valence-electron chi connectivity index (χ2n) is 8.11. The van der Waals surface area contributed by atoms with Crippen LogP contribution >= 0.6 is 0 Å². The Hall–Kier alpha value is -2.84. The van der Waals surface area contributed by atoms with Crippen LogP contribution in [0.2, 0.25) is 0 Å². The van der Waals surface area contributed by atoms with Crippen LogP contribution in [0.15, 0.2) is 66.7 Å². The van der Waals surface area contributed by atoms with E-state index in [0.717, 1.165) is 38.0 Å². The van der Waals surface area contributed by atoms with E-state index >= 15 is 0 Å². The Bertz CT molecular complexity index is 1160. The zero-order valence-electron chi connectivity index (χ0n) is 17.9. The van der Waals surface area contributed by atoms with Crippen LogP contribution in [-0.2, 0) is 0 Å². The van der Waals surface area contributed by atoms with Gasteiger partial charge in [-0.2, -0.15) is 0 Å². The summed E-state index contributed by atoms with van der Waals surface area (Å²) in [6, 6.07) is 24.0. The third-order valence-electron chi connectivity index (χ3n) is 5.91. The Balaban J connectivity index is 1.69. The minimum atomic E-state index is 0.281. The van der Waals surface area contributed by atoms with E-state index in [0.29, 0.717) is 0 Å². The van der Waals surface area contributed by atoms with E-state index in [9.17, 15) is 0 Å². The lowest BCUT2D eigenvalue weighted by atomic mass is 9.88. The number of aliphatic hydroxyl groups excluding tert-OH is 1. The molecule has 0 saturated carbocycles. The van der Waals surface area contributed by atoms with Gasteiger partial charge < -0.3 is 9.84 Å². The van der Waals surface area contributed by atoms with Gasteiger partial charge in [0.2, 0.25) is 0 Å². The third kappa shape index (κ3) is 4.20. The van der Waals surface area contributed by atoms with Crippen molar-refractivity contribution in [2.24, 2.45) is 0 Å². The number of unbranched alkanes of at least 4 members (excludes halogenated alkanes) is 3. The molecule has 1 N–H and O–H groups in total. The molecule has 0 atom stereocenters. The number of benzene rings is 4. The Morgan fingerprint density at radius 3 is 2.10 bits per heavy atom. The summed E-state index contributed by atoms with van der Waals surface area (Å²) in [7, 11) is 0. The van der Waals surface area contributed by atoms with Gasteiger partial charge in [-0.15, -0.1) is 0 Å². The Labute approximate surface area is 179 Å². The summed E-state index contributed by atoms with van der Waals surface area (Å²) in [5.74, 6) is 0.925. The molecule has 0 unspecified atom stereocenters. The highest BCUT2D eigenvalue weighted by atomic mass is 16.5. The molecule has 0 saturated heterocycles. The molecule has 0 aliphatic carbocycles. The molecule has 4 rings (SSSR count). The SMILES string of the molecule is Cc1ccc2ccccc2c1-c1c(C)ccc2cc(OCCCCCCO)ccc12. The van der Waals surface area contributed by atoms with Crippen LogP contribution in [0.25, 0.3) is 32.7 Å². The van der Waals surface area contributed by atoms with Crippen molar-refractivity contribution in [3.8, 4) is 16.9 Å². The fourth-order valence-electron chi connectivity index (χ4n) is 4.31. The van der Waals surface area contributed by atoms with Crippen molar-refractivity contribution in [3.05, 3.63) is 77.9 Å². The van der Waals surface area contributed by atoms with Gasteiger partial charge in [0, 0.05) is 6.61 Å². The fourth-order valence-corrected chi connectivity index (χ4v) is 4.31. The summed E-state index contributed by atoms with van der Waals surface area (Å²) < 4.78 is 6.00. The maximum atomic E-state index is 8.87. The van der Waals surface area contributed by atoms with Crippen LogP contribution < -0.4 is 4.74 Å². The Kier molecular flexibility index (Phi) is 6.35. The van der Waals surface area contributed by atoms with Gasteiger partial charge in [0.1, 0.15) is 5.75 Å². The average molecular weight is 399 g/mol. The first kappa shape index (κ1) is 20.4. The van der Waals surface area contributed by atoms with Crippen LogP contribution in [0.3, 0.4) is 0 Å². The molecule has 0 amide bonds. The number of fused-ring (bicyclic) bond motifs is 2. The van der Waals surface area contributed by atoms with Gasteiger partial charge in [-0.25, -0.2) is 0 Å². The van der Waals surface area contributed by atoms with Gasteiger partial charge in [0.15, 0.2) is 0 Å². The fraction of sp³-hybridized carbons (Fsp3) is 0.286. The molecule has 2 heteroatoms. The second kappa shape index (κ2) is 9.32. The van der Waals surface area contributed by atoms with Crippen molar-refractivity contribution in [1.82, 2.24) is 0 Å². The van der Waals surface area contributed by atoms with E-state index in [1.165, 1.54) is 43.8 Å². The van der Waals surface area contributed by atoms with Crippen molar-refractivity contribution in [3.63, 3.8) is 0 Å². The van der Waals surface area contributed by atoms with Gasteiger partial charge in [-0.1, -0.05) is 61.0 Å². The average Bonchev–Trinajstić information content (AvgIpc) is 2.77. The van der Waals surface area contributed by atoms with Crippen LogP contribution in [0.1, 0.15) is 36.8 Å². The summed E-state index contributed by atoms with van der Waals surface area (Å²) in [5, 5.41) is 13.9. The van der Waals surface area contributed by atoms with Crippen molar-refractivity contribution < 1.29 is 9.84 Å². The first-order valence-corrected chi connectivity index (χ1v) is 10.9. The number of hydrogen-bond donors (Lipinski definition) is 1. The van der Waals surface area contributed by atoms with Gasteiger partial charge in [0.25, 0.3) is 0 Å². The normalized spacial score (nSPS) is 11.3. The van der Waals surface area contributed by atoms with Crippen molar-refractivity contribution in [2.75, 3.05) is 13.2 Å². The molecular formula is C28H30O2. The number of rotatable bonds is 8. The van der Waals surface area contributed by atoms with E-state index in [1.54, 1.807) is 0 Å². The molecule has 0 spiro atoms. The van der Waals surface area contributed by atoms with E-state index in [4.69, 9.17) is 9.84 Å². The van der Waals surface area contributed by atoms with Crippen LogP contribution in [-0.4, -0.2) is 18.3 Å². The molecule has 0 heterocycles. The predicted octanol–water partition coefficient (Wildman–Crippen LogP) is 7.21. The monoisotopic (exact) mass is 398 g/mol. The second-order valence-corrected chi connectivity index (χ2v) is 8.11. The highest BCUT2D eigenvalue weighted by Gasteiger charge is 2.13. The lowest BCUT2D eigenvalue weighted by molar-refractivity contribution is 0.273. The lowest BCUT2D eigenvalue weighted by Crippen LogP contribution is -1.98. The van der Waals surface area contributed by atoms with Crippen LogP contribution in [0.4, 0.5) is 0 Å². The summed E-state index contributed by atoms with van der Waals surface area (Å²) in [4.78, 5) is 0. The van der Waals surface area contributed by atoms with Gasteiger partial charge in [-0.3, -0.25) is 0 Å². The van der Waals surface area contributed by atoms with Crippen LogP contribution in [0.5, 0.6) is 5.75 Å². The zero-order chi connectivity index (χ0) is 20.9. The molecule has 0 bridgehead atoms. The molecule has 4 aromatic carbocycles. The highest BCUT2D eigenvalue weighted by Crippen LogP contribution is 2.39.